The van der Waals surface area contributed by atoms with E-state index in [1.54, 1.807) is 13.8 Å². The Morgan fingerprint density at radius 1 is 1.38 bits per heavy atom. The van der Waals surface area contributed by atoms with Crippen molar-refractivity contribution in [2.45, 2.75) is 20.0 Å². The average Bonchev–Trinajstić information content (AvgIpc) is 2.15. The molecule has 5 heteroatoms. The van der Waals surface area contributed by atoms with Crippen molar-refractivity contribution < 1.29 is 19.4 Å². The lowest BCUT2D eigenvalue weighted by atomic mass is 10.1. The predicted octanol–water partition coefficient (Wildman–Crippen LogP) is 1.53. The lowest BCUT2D eigenvalue weighted by Gasteiger charge is -2.10. The van der Waals surface area contributed by atoms with Crippen molar-refractivity contribution in [2.24, 2.45) is 0 Å². The van der Waals surface area contributed by atoms with Gasteiger partial charge in [0.2, 0.25) is 0 Å². The van der Waals surface area contributed by atoms with E-state index in [1.165, 1.54) is 18.2 Å². The zero-order valence-electron chi connectivity index (χ0n) is 9.06. The molecule has 0 amide bonds. The average molecular weight is 223 g/mol. The van der Waals surface area contributed by atoms with Crippen LogP contribution in [0.2, 0.25) is 0 Å². The van der Waals surface area contributed by atoms with Crippen LogP contribution in [0.5, 0.6) is 0 Å². The number of hydrogen-bond acceptors (Lipinski definition) is 4. The number of carbonyl (C=O) groups excluding carboxylic acids is 1. The second-order valence-electron chi connectivity index (χ2n) is 3.53. The first-order valence-corrected chi connectivity index (χ1v) is 4.76. The largest absolute Gasteiger partial charge is 0.478 e. The Balaban J connectivity index is 3.18. The summed E-state index contributed by atoms with van der Waals surface area (Å²) in [6, 6.07) is 4.32. The minimum absolute atomic E-state index is 0.0267. The van der Waals surface area contributed by atoms with E-state index in [0.717, 1.165) is 0 Å². The first kappa shape index (κ1) is 12.0. The highest BCUT2D eigenvalue weighted by Gasteiger charge is 2.20. The van der Waals surface area contributed by atoms with Crippen LogP contribution in [-0.2, 0) is 4.74 Å². The van der Waals surface area contributed by atoms with E-state index in [9.17, 15) is 9.59 Å². The van der Waals surface area contributed by atoms with Gasteiger partial charge in [0.25, 0.3) is 0 Å². The second-order valence-corrected chi connectivity index (χ2v) is 3.53. The fraction of sp³-hybridized carbons (Fsp3) is 0.273. The van der Waals surface area contributed by atoms with Gasteiger partial charge in [-0.15, -0.1) is 0 Å². The number of esters is 1. The van der Waals surface area contributed by atoms with Crippen molar-refractivity contribution in [2.75, 3.05) is 5.73 Å². The van der Waals surface area contributed by atoms with E-state index in [4.69, 9.17) is 15.6 Å². The molecule has 0 bridgehead atoms. The molecule has 0 unspecified atom stereocenters. The monoisotopic (exact) mass is 223 g/mol. The summed E-state index contributed by atoms with van der Waals surface area (Å²) >= 11 is 0. The first-order chi connectivity index (χ1) is 7.43. The molecular formula is C11H13NO4. The van der Waals surface area contributed by atoms with Crippen LogP contribution in [0.1, 0.15) is 34.6 Å². The Kier molecular flexibility index (Phi) is 3.50. The Bertz CT molecular complexity index is 426. The van der Waals surface area contributed by atoms with Crippen molar-refractivity contribution in [3.63, 3.8) is 0 Å². The van der Waals surface area contributed by atoms with Crippen LogP contribution < -0.4 is 5.73 Å². The highest BCUT2D eigenvalue weighted by Crippen LogP contribution is 2.18. The van der Waals surface area contributed by atoms with Crippen LogP contribution in [0.25, 0.3) is 0 Å². The minimum atomic E-state index is -1.24. The van der Waals surface area contributed by atoms with Crippen LogP contribution in [0, 0.1) is 0 Å². The van der Waals surface area contributed by atoms with Crippen molar-refractivity contribution in [3.8, 4) is 0 Å². The number of nitrogen functional groups attached to an aromatic ring is 1. The van der Waals surface area contributed by atoms with Crippen molar-refractivity contribution in [1.82, 2.24) is 0 Å². The van der Waals surface area contributed by atoms with Gasteiger partial charge in [0.15, 0.2) is 0 Å². The van der Waals surface area contributed by atoms with Gasteiger partial charge in [-0.25, -0.2) is 9.59 Å². The van der Waals surface area contributed by atoms with E-state index in [2.05, 4.69) is 0 Å². The van der Waals surface area contributed by atoms with Gasteiger partial charge in [-0.2, -0.15) is 0 Å². The standard InChI is InChI=1S/C11H13NO4/c1-6(2)16-11(15)7-4-3-5-8(12)9(7)10(13)14/h3-6H,12H2,1-2H3,(H,13,14). The molecule has 0 atom stereocenters. The molecule has 0 saturated carbocycles. The highest BCUT2D eigenvalue weighted by atomic mass is 16.5. The molecule has 86 valence electrons. The SMILES string of the molecule is CC(C)OC(=O)c1cccc(N)c1C(=O)O. The van der Waals surface area contributed by atoms with Crippen LogP contribution in [0.4, 0.5) is 5.69 Å². The number of carboxylic acid groups (broad SMARTS) is 1. The summed E-state index contributed by atoms with van der Waals surface area (Å²) in [6.07, 6.45) is -0.310. The van der Waals surface area contributed by atoms with E-state index >= 15 is 0 Å². The highest BCUT2D eigenvalue weighted by molar-refractivity contribution is 6.06. The minimum Gasteiger partial charge on any atom is -0.478 e. The molecule has 0 aliphatic rings. The van der Waals surface area contributed by atoms with Gasteiger partial charge in [-0.3, -0.25) is 0 Å². The molecule has 0 fully saturated rings. The summed E-state index contributed by atoms with van der Waals surface area (Å²) in [6.45, 7) is 3.37. The van der Waals surface area contributed by atoms with Gasteiger partial charge >= 0.3 is 11.9 Å². The van der Waals surface area contributed by atoms with Gasteiger partial charge in [-0.05, 0) is 26.0 Å². The molecule has 5 nitrogen and oxygen atoms in total. The molecular weight excluding hydrogens is 210 g/mol. The molecule has 0 aliphatic carbocycles. The number of benzene rings is 1. The van der Waals surface area contributed by atoms with Crippen molar-refractivity contribution in [3.05, 3.63) is 29.3 Å². The maximum atomic E-state index is 11.6. The van der Waals surface area contributed by atoms with Crippen molar-refractivity contribution >= 4 is 17.6 Å². The maximum Gasteiger partial charge on any atom is 0.339 e. The van der Waals surface area contributed by atoms with Gasteiger partial charge in [0, 0.05) is 5.69 Å². The van der Waals surface area contributed by atoms with E-state index < -0.39 is 11.9 Å². The van der Waals surface area contributed by atoms with E-state index in [1.807, 2.05) is 0 Å². The van der Waals surface area contributed by atoms with Gasteiger partial charge in [0.1, 0.15) is 0 Å². The molecule has 0 saturated heterocycles. The van der Waals surface area contributed by atoms with Crippen LogP contribution in [0.3, 0.4) is 0 Å². The first-order valence-electron chi connectivity index (χ1n) is 4.76. The summed E-state index contributed by atoms with van der Waals surface area (Å²) < 4.78 is 4.92. The predicted molar refractivity (Wildman–Crippen MR) is 58.4 cm³/mol. The number of carboxylic acids is 1. The maximum absolute atomic E-state index is 11.6. The third-order valence-electron chi connectivity index (χ3n) is 1.87. The Hall–Kier alpha value is -2.04. The van der Waals surface area contributed by atoms with Gasteiger partial charge in [0.05, 0.1) is 17.2 Å². The summed E-state index contributed by atoms with van der Waals surface area (Å²) in [5.74, 6) is -1.92. The quantitative estimate of drug-likeness (QED) is 0.599. The molecule has 1 aromatic rings. The summed E-state index contributed by atoms with van der Waals surface area (Å²) in [5.41, 5.74) is 5.31. The lowest BCUT2D eigenvalue weighted by Crippen LogP contribution is -2.16. The molecule has 0 heterocycles. The van der Waals surface area contributed by atoms with E-state index in [-0.39, 0.29) is 22.9 Å². The third kappa shape index (κ3) is 2.50. The number of ether oxygens (including phenoxy) is 1. The topological polar surface area (TPSA) is 89.6 Å². The second kappa shape index (κ2) is 4.65. The molecule has 0 aromatic heterocycles. The summed E-state index contributed by atoms with van der Waals surface area (Å²) in [4.78, 5) is 22.5. The third-order valence-corrected chi connectivity index (χ3v) is 1.87. The fourth-order valence-electron chi connectivity index (χ4n) is 1.26. The van der Waals surface area contributed by atoms with Crippen LogP contribution in [0.15, 0.2) is 18.2 Å². The number of nitrogens with two attached hydrogens (primary N) is 1. The molecule has 0 aliphatic heterocycles. The summed E-state index contributed by atoms with van der Waals surface area (Å²) in [5, 5.41) is 8.94. The van der Waals surface area contributed by atoms with Crippen LogP contribution >= 0.6 is 0 Å². The van der Waals surface area contributed by atoms with Crippen molar-refractivity contribution in [1.29, 1.82) is 0 Å². The van der Waals surface area contributed by atoms with Gasteiger partial charge in [-0.1, -0.05) is 6.07 Å². The molecule has 3 N–H and O–H groups in total. The number of carbonyl (C=O) groups is 2. The zero-order chi connectivity index (χ0) is 12.3. The normalized spacial score (nSPS) is 10.2. The number of anilines is 1. The molecule has 16 heavy (non-hydrogen) atoms. The smallest absolute Gasteiger partial charge is 0.339 e. The van der Waals surface area contributed by atoms with E-state index in [0.29, 0.717) is 0 Å². The Labute approximate surface area is 92.8 Å². The lowest BCUT2D eigenvalue weighted by molar-refractivity contribution is 0.0371. The van der Waals surface area contributed by atoms with Gasteiger partial charge < -0.3 is 15.6 Å². The number of hydrogen-bond donors (Lipinski definition) is 2. The number of rotatable bonds is 3. The van der Waals surface area contributed by atoms with Crippen LogP contribution in [-0.4, -0.2) is 23.1 Å². The fourth-order valence-corrected chi connectivity index (χ4v) is 1.26. The zero-order valence-corrected chi connectivity index (χ0v) is 9.06. The molecule has 0 spiro atoms. The molecule has 1 aromatic carbocycles. The number of aromatic carboxylic acids is 1. The molecule has 1 rings (SSSR count). The summed E-state index contributed by atoms with van der Waals surface area (Å²) in [7, 11) is 0. The Morgan fingerprint density at radius 3 is 2.50 bits per heavy atom. The Morgan fingerprint density at radius 2 is 2.00 bits per heavy atom. The molecule has 0 radical (unpaired) electrons.